The van der Waals surface area contributed by atoms with Gasteiger partial charge < -0.3 is 30.6 Å². The number of benzene rings is 6. The van der Waals surface area contributed by atoms with E-state index in [1.165, 1.54) is 63.6 Å². The second kappa shape index (κ2) is 32.3. The lowest BCUT2D eigenvalue weighted by molar-refractivity contribution is -0.282. The van der Waals surface area contributed by atoms with E-state index in [4.69, 9.17) is 69.6 Å². The number of aliphatic hydroxyl groups is 6. The third kappa shape index (κ3) is 16.6. The summed E-state index contributed by atoms with van der Waals surface area (Å²) in [5.41, 5.74) is 4.62. The summed E-state index contributed by atoms with van der Waals surface area (Å²) in [5.74, 6) is 1.73. The molecule has 6 atom stereocenters. The summed E-state index contributed by atoms with van der Waals surface area (Å²) in [4.78, 5) is 0. The van der Waals surface area contributed by atoms with E-state index in [9.17, 15) is 48.0 Å². The Morgan fingerprint density at radius 2 is 0.873 bits per heavy atom. The Morgan fingerprint density at radius 3 is 1.24 bits per heavy atom. The highest BCUT2D eigenvalue weighted by atomic mass is 35.5. The normalized spacial score (nSPS) is 24.6. The Balaban J connectivity index is 0.000000111. The zero-order valence-corrected chi connectivity index (χ0v) is 72.7. The number of H-pyrrole nitrogens is 6. The fourth-order valence-corrected chi connectivity index (χ4v) is 22.2. The van der Waals surface area contributed by atoms with Crippen molar-refractivity contribution in [2.24, 2.45) is 50.2 Å². The second-order valence-corrected chi connectivity index (χ2v) is 41.8. The first-order chi connectivity index (χ1) is 55.6. The molecule has 632 valence electrons. The summed E-state index contributed by atoms with van der Waals surface area (Å²) >= 11 is 36.7. The molecule has 9 fully saturated rings. The minimum absolute atomic E-state index is 0.0283. The van der Waals surface area contributed by atoms with Crippen LogP contribution in [0.25, 0.3) is 65.4 Å². The highest BCUT2D eigenvalue weighted by Crippen LogP contribution is 2.69. The number of fused-ring (bicyclic) bond motifs is 9. The molecule has 7 heterocycles. The van der Waals surface area contributed by atoms with Gasteiger partial charge in [-0.3, -0.25) is 34.8 Å². The van der Waals surface area contributed by atoms with Crippen LogP contribution in [0.3, 0.4) is 0 Å². The highest BCUT2D eigenvalue weighted by Gasteiger charge is 2.72. The Hall–Kier alpha value is -6.59. The van der Waals surface area contributed by atoms with Crippen LogP contribution in [0.4, 0.5) is 13.2 Å². The molecule has 2 bridgehead atoms. The van der Waals surface area contributed by atoms with Crippen molar-refractivity contribution in [3.63, 3.8) is 0 Å². The molecule has 9 aliphatic rings. The molecule has 0 amide bonds. The molecule has 0 spiro atoms. The van der Waals surface area contributed by atoms with Gasteiger partial charge in [0.1, 0.15) is 5.67 Å². The number of halogens is 9. The number of aromatic nitrogens is 12. The number of rotatable bonds is 17. The Morgan fingerprint density at radius 1 is 0.508 bits per heavy atom. The second-order valence-electron chi connectivity index (χ2n) is 36.7. The van der Waals surface area contributed by atoms with Crippen molar-refractivity contribution in [1.82, 2.24) is 65.5 Å². The minimum atomic E-state index is -3.26. The zero-order valence-electron chi connectivity index (χ0n) is 67.4. The molecule has 1 aliphatic heterocycles. The zero-order chi connectivity index (χ0) is 84.4. The summed E-state index contributed by atoms with van der Waals surface area (Å²) in [7, 11) is -2.18. The molecule has 8 saturated carbocycles. The van der Waals surface area contributed by atoms with Crippen LogP contribution in [-0.4, -0.2) is 137 Å². The maximum atomic E-state index is 14.5. The van der Waals surface area contributed by atoms with Gasteiger partial charge in [0.2, 0.25) is 0 Å². The number of aromatic amines is 6. The molecule has 1 saturated heterocycles. The topological polar surface area (TPSA) is 314 Å². The number of nitrogens with zero attached hydrogens (tertiary/aromatic N) is 7. The van der Waals surface area contributed by atoms with E-state index in [0.717, 1.165) is 148 Å². The summed E-state index contributed by atoms with van der Waals surface area (Å²) in [6, 6.07) is 21.7. The lowest BCUT2D eigenvalue weighted by Gasteiger charge is -2.60. The van der Waals surface area contributed by atoms with Crippen LogP contribution < -0.4 is 0 Å². The van der Waals surface area contributed by atoms with Gasteiger partial charge in [-0.25, -0.2) is 17.5 Å². The lowest BCUT2D eigenvalue weighted by atomic mass is 9.49. The van der Waals surface area contributed by atoms with E-state index < -0.39 is 62.8 Å². The van der Waals surface area contributed by atoms with Crippen molar-refractivity contribution in [3.8, 4) is 0 Å². The first-order valence-electron chi connectivity index (χ1n) is 40.7. The number of aliphatic hydroxyl groups excluding tert-OH is 5. The first-order valence-corrected chi connectivity index (χ1v) is 45.0. The van der Waals surface area contributed by atoms with Gasteiger partial charge in [-0.05, 0) is 224 Å². The standard InChI is InChI=1S/C17H21ClN2O.C16H18ClF3N2O.C14H15ClN2O.2C14H17ClN2O.C13H16ClN3O2S/c1-16-2-5-17(6-3-16,7-4-16)15(21)13-9-12(18)8-11-10-19-20-14(11)13;1-13(2,18)16(14(3,19)20)7-15(23,8-16)11-5-10(17)4-9-6-21-22-12(9)11;15-10-5-8-7-16-17-12(8)11(6-10)13(18)14(3-4-14)9-1-2-9;1-14(2,9-3-4-9)13(18)11-6-10(15)5-8-7-16-17-12(8)11;1-2-14(4-3-5-14)13(18)11-7-10(15)6-9-8-16-17-12(9)11;1-20(2,19)17-6-9(7-17)13(18)11-4-10(14)3-8-5-15-16-12(8)11/h8-10,15,21H,2-7H2,1H3,(H,19,20);4-6,23H,7-8H2,1-3H3,(H,21,22);5-7,9,13,18H,1-4H2,(H,16,17);5-7,9,13,18H,3-4H2,1-2H3,(H,16,17);6-8,13,18H,2-5H2,1H3,(H,16,17);3-5,9,13,18H,1,6-7H2,2H3,(H,15,16). The van der Waals surface area contributed by atoms with Gasteiger partial charge >= 0.3 is 0 Å². The molecule has 6 unspecified atom stereocenters. The first kappa shape index (κ1) is 86.4. The molecule has 12 aromatic rings. The molecule has 8 aliphatic carbocycles. The third-order valence-corrected chi connectivity index (χ3v) is 31.0. The van der Waals surface area contributed by atoms with Crippen LogP contribution in [0.15, 0.2) is 110 Å². The smallest absolute Gasteiger partial charge is 0.254 e. The van der Waals surface area contributed by atoms with Crippen molar-refractivity contribution >= 4 is 151 Å². The highest BCUT2D eigenvalue weighted by molar-refractivity contribution is 7.97. The largest absolute Gasteiger partial charge is 0.388 e. The van der Waals surface area contributed by atoms with E-state index in [1.54, 1.807) is 59.7 Å². The molecule has 6 aromatic heterocycles. The molecule has 6 aromatic carbocycles. The molecule has 118 heavy (non-hydrogen) atoms. The molecule has 30 heteroatoms. The Kier molecular flexibility index (Phi) is 23.6. The van der Waals surface area contributed by atoms with Gasteiger partial charge in [-0.2, -0.15) is 30.6 Å². The molecule has 20 nitrogen and oxygen atoms in total. The van der Waals surface area contributed by atoms with Gasteiger partial charge in [0.25, 0.3) is 5.92 Å². The maximum absolute atomic E-state index is 14.5. The van der Waals surface area contributed by atoms with E-state index in [0.29, 0.717) is 83.9 Å². The number of alkyl halides is 3. The van der Waals surface area contributed by atoms with E-state index in [2.05, 4.69) is 94.7 Å². The van der Waals surface area contributed by atoms with Gasteiger partial charge in [0, 0.05) is 154 Å². The van der Waals surface area contributed by atoms with Crippen LogP contribution in [0, 0.1) is 50.2 Å². The van der Waals surface area contributed by atoms with Gasteiger partial charge in [0.05, 0.1) is 112 Å². The predicted molar refractivity (Wildman–Crippen MR) is 465 cm³/mol. The van der Waals surface area contributed by atoms with Crippen LogP contribution in [0.5, 0.6) is 0 Å². The SMILES string of the molecule is C=S(C)(=O)N1CC(C(O)c2cc(Cl)cc3cn[nH]c23)C1.CC(C)(C1CC1)C(O)c1cc(Cl)cc2cn[nH]c12.CC(C)(F)C1(C(C)(F)F)CC(O)(c2cc(Cl)cc3cn[nH]c23)C1.CC12CCC(C(O)c3cc(Cl)cc4cn[nH]c34)(CC1)CC2.CCC1(C(O)c2cc(Cl)cc3cn[nH]c23)CCC1.OC(c1cc(Cl)cc2cn[nH]c12)C1(C2CC2)CC1. The van der Waals surface area contributed by atoms with Crippen LogP contribution in [-0.2, 0) is 15.3 Å². The Bertz CT molecular complexity index is 5530. The van der Waals surface area contributed by atoms with Gasteiger partial charge in [0.15, 0.2) is 0 Å². The molecule has 21 rings (SSSR count). The summed E-state index contributed by atoms with van der Waals surface area (Å²) in [6.07, 6.45) is 27.2. The Labute approximate surface area is 713 Å². The quantitative estimate of drug-likeness (QED) is 0.0378. The lowest BCUT2D eigenvalue weighted by Crippen LogP contribution is -2.65. The minimum Gasteiger partial charge on any atom is -0.388 e. The van der Waals surface area contributed by atoms with Gasteiger partial charge in [-0.1, -0.05) is 104 Å². The average molecular weight is 1760 g/mol. The van der Waals surface area contributed by atoms with Crippen LogP contribution in [0.2, 0.25) is 30.1 Å². The monoisotopic (exact) mass is 1750 g/mol. The fourth-order valence-electron chi connectivity index (χ4n) is 19.7. The van der Waals surface area contributed by atoms with Crippen molar-refractivity contribution in [2.75, 3.05) is 19.3 Å². The number of hydrogen-bond acceptors (Lipinski definition) is 13. The van der Waals surface area contributed by atoms with E-state index >= 15 is 0 Å². The summed E-state index contributed by atoms with van der Waals surface area (Å²) < 4.78 is 56.3. The van der Waals surface area contributed by atoms with Crippen molar-refractivity contribution < 1.29 is 48.0 Å². The van der Waals surface area contributed by atoms with Crippen molar-refractivity contribution in [3.05, 3.63) is 173 Å². The van der Waals surface area contributed by atoms with Gasteiger partial charge in [-0.15, -0.1) is 0 Å². The maximum Gasteiger partial charge on any atom is 0.254 e. The van der Waals surface area contributed by atoms with E-state index in [-0.39, 0.29) is 40.4 Å². The van der Waals surface area contributed by atoms with Crippen molar-refractivity contribution in [1.29, 1.82) is 0 Å². The fraction of sp³-hybridized carbons (Fsp3) is 0.511. The average Bonchev–Trinajstić information content (AvgIpc) is 0.830. The summed E-state index contributed by atoms with van der Waals surface area (Å²) in [5, 5.41) is 115. The number of nitrogens with one attached hydrogen (secondary N) is 6. The van der Waals surface area contributed by atoms with Crippen LogP contribution >= 0.6 is 69.6 Å². The summed E-state index contributed by atoms with van der Waals surface area (Å²) in [6.45, 7) is 12.9. The van der Waals surface area contributed by atoms with Crippen LogP contribution in [0.1, 0.15) is 228 Å². The van der Waals surface area contributed by atoms with E-state index in [1.807, 2.05) is 48.5 Å². The molecule has 0 radical (unpaired) electrons. The number of hydrogen-bond donors (Lipinski definition) is 12. The third-order valence-electron chi connectivity index (χ3n) is 28.3. The predicted octanol–water partition coefficient (Wildman–Crippen LogP) is 21.6. The molecular formula is C88H104Cl6F3N13O7S. The molecule has 12 N–H and O–H groups in total. The van der Waals surface area contributed by atoms with Crippen molar-refractivity contribution in [2.45, 2.75) is 212 Å². The molecular weight excluding hydrogens is 1650 g/mol.